The van der Waals surface area contributed by atoms with Crippen molar-refractivity contribution >= 4 is 11.3 Å². The lowest BCUT2D eigenvalue weighted by atomic mass is 9.88. The minimum atomic E-state index is 0.187. The Morgan fingerprint density at radius 2 is 2.28 bits per heavy atom. The van der Waals surface area contributed by atoms with E-state index in [1.807, 2.05) is 0 Å². The van der Waals surface area contributed by atoms with E-state index in [2.05, 4.69) is 40.7 Å². The molecule has 2 heterocycles. The SMILES string of the molecule is CN1CCCC(CN)(N(C)Cc2ccsc2)CC1. The van der Waals surface area contributed by atoms with Crippen molar-refractivity contribution in [2.75, 3.05) is 33.7 Å². The van der Waals surface area contributed by atoms with Crippen LogP contribution in [0.2, 0.25) is 0 Å². The summed E-state index contributed by atoms with van der Waals surface area (Å²) in [5.41, 5.74) is 7.72. The molecule has 0 radical (unpaired) electrons. The van der Waals surface area contributed by atoms with Crippen molar-refractivity contribution in [1.82, 2.24) is 9.80 Å². The predicted octanol–water partition coefficient (Wildman–Crippen LogP) is 1.99. The van der Waals surface area contributed by atoms with Crippen LogP contribution in [0, 0.1) is 0 Å². The van der Waals surface area contributed by atoms with Crippen molar-refractivity contribution in [2.45, 2.75) is 31.3 Å². The molecule has 4 heteroatoms. The predicted molar refractivity (Wildman–Crippen MR) is 78.9 cm³/mol. The fraction of sp³-hybridized carbons (Fsp3) is 0.714. The fourth-order valence-electron chi connectivity index (χ4n) is 2.88. The molecule has 1 fully saturated rings. The Morgan fingerprint density at radius 1 is 1.44 bits per heavy atom. The third-order valence-corrected chi connectivity index (χ3v) is 5.06. The molecule has 1 unspecified atom stereocenters. The summed E-state index contributed by atoms with van der Waals surface area (Å²) >= 11 is 1.77. The molecular formula is C14H25N3S. The number of hydrogen-bond acceptors (Lipinski definition) is 4. The molecule has 1 saturated heterocycles. The minimum Gasteiger partial charge on any atom is -0.329 e. The maximum absolute atomic E-state index is 6.13. The van der Waals surface area contributed by atoms with E-state index in [9.17, 15) is 0 Å². The van der Waals surface area contributed by atoms with E-state index in [0.717, 1.165) is 19.6 Å². The van der Waals surface area contributed by atoms with Crippen LogP contribution in [0.3, 0.4) is 0 Å². The lowest BCUT2D eigenvalue weighted by Crippen LogP contribution is -2.52. The summed E-state index contributed by atoms with van der Waals surface area (Å²) in [6, 6.07) is 2.22. The molecule has 0 aromatic carbocycles. The Kier molecular flexibility index (Phi) is 4.78. The molecule has 0 aliphatic carbocycles. The second-order valence-electron chi connectivity index (χ2n) is 5.57. The highest BCUT2D eigenvalue weighted by molar-refractivity contribution is 7.07. The highest BCUT2D eigenvalue weighted by atomic mass is 32.1. The van der Waals surface area contributed by atoms with Gasteiger partial charge in [0.15, 0.2) is 0 Å². The molecule has 3 nitrogen and oxygen atoms in total. The average Bonchev–Trinajstić information content (AvgIpc) is 2.78. The smallest absolute Gasteiger partial charge is 0.0344 e. The zero-order valence-electron chi connectivity index (χ0n) is 11.6. The molecule has 0 spiro atoms. The van der Waals surface area contributed by atoms with Crippen molar-refractivity contribution in [3.05, 3.63) is 22.4 Å². The minimum absolute atomic E-state index is 0.187. The van der Waals surface area contributed by atoms with Gasteiger partial charge in [-0.25, -0.2) is 0 Å². The van der Waals surface area contributed by atoms with Gasteiger partial charge in [-0.15, -0.1) is 0 Å². The molecule has 1 aliphatic heterocycles. The van der Waals surface area contributed by atoms with Gasteiger partial charge < -0.3 is 10.6 Å². The fourth-order valence-corrected chi connectivity index (χ4v) is 3.54. The van der Waals surface area contributed by atoms with Gasteiger partial charge in [0.2, 0.25) is 0 Å². The van der Waals surface area contributed by atoms with E-state index in [-0.39, 0.29) is 5.54 Å². The third kappa shape index (κ3) is 3.12. The van der Waals surface area contributed by atoms with Crippen LogP contribution in [0.15, 0.2) is 16.8 Å². The summed E-state index contributed by atoms with van der Waals surface area (Å²) < 4.78 is 0. The Morgan fingerprint density at radius 3 is 2.94 bits per heavy atom. The summed E-state index contributed by atoms with van der Waals surface area (Å²) in [4.78, 5) is 4.91. The van der Waals surface area contributed by atoms with Crippen LogP contribution in [0.1, 0.15) is 24.8 Å². The summed E-state index contributed by atoms with van der Waals surface area (Å²) in [5.74, 6) is 0. The van der Waals surface area contributed by atoms with Crippen LogP contribution in [0.5, 0.6) is 0 Å². The van der Waals surface area contributed by atoms with E-state index < -0.39 is 0 Å². The van der Waals surface area contributed by atoms with E-state index in [1.165, 1.54) is 31.4 Å². The molecular weight excluding hydrogens is 242 g/mol. The standard InChI is InChI=1S/C14H25N3S/c1-16-7-3-5-14(12-15,6-8-16)17(2)10-13-4-9-18-11-13/h4,9,11H,3,5-8,10,12,15H2,1-2H3. The van der Waals surface area contributed by atoms with Gasteiger partial charge >= 0.3 is 0 Å². The number of likely N-dealkylation sites (N-methyl/N-ethyl adjacent to an activating group) is 1. The molecule has 18 heavy (non-hydrogen) atoms. The van der Waals surface area contributed by atoms with Crippen molar-refractivity contribution in [3.63, 3.8) is 0 Å². The Labute approximate surface area is 115 Å². The second-order valence-corrected chi connectivity index (χ2v) is 6.35. The van der Waals surface area contributed by atoms with Crippen molar-refractivity contribution in [1.29, 1.82) is 0 Å². The van der Waals surface area contributed by atoms with Crippen LogP contribution >= 0.6 is 11.3 Å². The molecule has 102 valence electrons. The Hall–Kier alpha value is -0.420. The lowest BCUT2D eigenvalue weighted by molar-refractivity contribution is 0.100. The summed E-state index contributed by atoms with van der Waals surface area (Å²) in [7, 11) is 4.45. The molecule has 1 aliphatic rings. The molecule has 2 N–H and O–H groups in total. The number of nitrogens with two attached hydrogens (primary N) is 1. The molecule has 1 aromatic rings. The summed E-state index contributed by atoms with van der Waals surface area (Å²) in [6.45, 7) is 4.14. The quantitative estimate of drug-likeness (QED) is 0.905. The molecule has 1 aromatic heterocycles. The van der Waals surface area contributed by atoms with Gasteiger partial charge in [0.05, 0.1) is 0 Å². The van der Waals surface area contributed by atoms with Crippen molar-refractivity contribution < 1.29 is 0 Å². The van der Waals surface area contributed by atoms with E-state index >= 15 is 0 Å². The van der Waals surface area contributed by atoms with Gasteiger partial charge in [0.1, 0.15) is 0 Å². The van der Waals surface area contributed by atoms with Crippen LogP contribution in [0.4, 0.5) is 0 Å². The zero-order valence-corrected chi connectivity index (χ0v) is 12.4. The number of hydrogen-bond donors (Lipinski definition) is 1. The van der Waals surface area contributed by atoms with Gasteiger partial charge in [-0.05, 0) is 68.8 Å². The molecule has 1 atom stereocenters. The first-order chi connectivity index (χ1) is 8.66. The maximum atomic E-state index is 6.13. The largest absolute Gasteiger partial charge is 0.329 e. The lowest BCUT2D eigenvalue weighted by Gasteiger charge is -2.40. The topological polar surface area (TPSA) is 32.5 Å². The normalized spacial score (nSPS) is 26.4. The molecule has 0 amide bonds. The van der Waals surface area contributed by atoms with E-state index in [4.69, 9.17) is 5.73 Å². The Bertz CT molecular complexity index is 352. The molecule has 0 bridgehead atoms. The van der Waals surface area contributed by atoms with Gasteiger partial charge in [-0.1, -0.05) is 0 Å². The van der Waals surface area contributed by atoms with Crippen LogP contribution < -0.4 is 5.73 Å². The number of rotatable bonds is 4. The van der Waals surface area contributed by atoms with Crippen LogP contribution in [-0.4, -0.2) is 49.1 Å². The third-order valence-electron chi connectivity index (χ3n) is 4.33. The van der Waals surface area contributed by atoms with Crippen molar-refractivity contribution in [3.8, 4) is 0 Å². The number of likely N-dealkylation sites (tertiary alicyclic amines) is 1. The highest BCUT2D eigenvalue weighted by Gasteiger charge is 2.34. The van der Waals surface area contributed by atoms with Crippen LogP contribution in [0.25, 0.3) is 0 Å². The number of thiophene rings is 1. The first-order valence-electron chi connectivity index (χ1n) is 6.77. The number of nitrogens with zero attached hydrogens (tertiary/aromatic N) is 2. The average molecular weight is 267 g/mol. The van der Waals surface area contributed by atoms with Gasteiger partial charge in [-0.2, -0.15) is 11.3 Å². The highest BCUT2D eigenvalue weighted by Crippen LogP contribution is 2.28. The first kappa shape index (κ1) is 14.0. The van der Waals surface area contributed by atoms with Crippen LogP contribution in [-0.2, 0) is 6.54 Å². The summed E-state index contributed by atoms with van der Waals surface area (Å²) in [6.07, 6.45) is 3.65. The van der Waals surface area contributed by atoms with E-state index in [0.29, 0.717) is 0 Å². The monoisotopic (exact) mass is 267 g/mol. The first-order valence-corrected chi connectivity index (χ1v) is 7.71. The maximum Gasteiger partial charge on any atom is 0.0344 e. The van der Waals surface area contributed by atoms with Crippen molar-refractivity contribution in [2.24, 2.45) is 5.73 Å². The second kappa shape index (κ2) is 6.15. The Balaban J connectivity index is 2.05. The van der Waals surface area contributed by atoms with Gasteiger partial charge in [0, 0.05) is 18.6 Å². The summed E-state index contributed by atoms with van der Waals surface area (Å²) in [5, 5.41) is 4.39. The molecule has 0 saturated carbocycles. The van der Waals surface area contributed by atoms with Gasteiger partial charge in [0.25, 0.3) is 0 Å². The zero-order chi connectivity index (χ0) is 13.0. The molecule has 2 rings (SSSR count). The van der Waals surface area contributed by atoms with Gasteiger partial charge in [-0.3, -0.25) is 4.90 Å². The van der Waals surface area contributed by atoms with E-state index in [1.54, 1.807) is 11.3 Å².